The monoisotopic (exact) mass is 394 g/mol. The third-order valence-corrected chi connectivity index (χ3v) is 5.00. The van der Waals surface area contributed by atoms with Gasteiger partial charge in [0.2, 0.25) is 5.91 Å². The van der Waals surface area contributed by atoms with E-state index in [-0.39, 0.29) is 5.91 Å². The van der Waals surface area contributed by atoms with Crippen LogP contribution >= 0.6 is 11.3 Å². The molecule has 5 nitrogen and oxygen atoms in total. The van der Waals surface area contributed by atoms with Gasteiger partial charge in [-0.05, 0) is 30.2 Å². The zero-order valence-corrected chi connectivity index (χ0v) is 16.9. The molecule has 1 amide bonds. The molecule has 144 valence electrons. The summed E-state index contributed by atoms with van der Waals surface area (Å²) in [4.78, 5) is 16.7. The quantitative estimate of drug-likeness (QED) is 0.570. The number of thiazole rings is 1. The molecule has 0 spiro atoms. The van der Waals surface area contributed by atoms with Crippen molar-refractivity contribution in [1.29, 1.82) is 0 Å². The first-order valence-electron chi connectivity index (χ1n) is 8.89. The molecule has 2 aromatic carbocycles. The van der Waals surface area contributed by atoms with Crippen molar-refractivity contribution in [1.82, 2.24) is 4.98 Å². The van der Waals surface area contributed by atoms with Crippen molar-refractivity contribution in [2.75, 3.05) is 19.5 Å². The van der Waals surface area contributed by atoms with Gasteiger partial charge in [0.05, 0.1) is 19.9 Å². The fraction of sp³-hybridized carbons (Fsp3) is 0.182. The van der Waals surface area contributed by atoms with E-state index in [1.807, 2.05) is 17.5 Å². The van der Waals surface area contributed by atoms with Gasteiger partial charge in [0.1, 0.15) is 11.5 Å². The van der Waals surface area contributed by atoms with Gasteiger partial charge in [0.15, 0.2) is 5.13 Å². The fourth-order valence-electron chi connectivity index (χ4n) is 2.64. The van der Waals surface area contributed by atoms with Crippen LogP contribution in [0.3, 0.4) is 0 Å². The first kappa shape index (κ1) is 19.6. The topological polar surface area (TPSA) is 60.5 Å². The lowest BCUT2D eigenvalue weighted by Gasteiger charge is -2.07. The van der Waals surface area contributed by atoms with Gasteiger partial charge in [-0.2, -0.15) is 0 Å². The van der Waals surface area contributed by atoms with Crippen molar-refractivity contribution in [3.05, 3.63) is 65.0 Å². The Hall–Kier alpha value is -3.12. The third-order valence-electron chi connectivity index (χ3n) is 4.25. The van der Waals surface area contributed by atoms with Gasteiger partial charge in [-0.3, -0.25) is 10.1 Å². The summed E-state index contributed by atoms with van der Waals surface area (Å²) in [5.41, 5.74) is 3.96. The summed E-state index contributed by atoms with van der Waals surface area (Å²) in [6.45, 7) is 2.13. The second-order valence-electron chi connectivity index (χ2n) is 6.02. The number of methoxy groups -OCH3 is 2. The molecule has 3 rings (SSSR count). The SMILES string of the molecule is CCc1ccc(-c2csc(NC(=O)/C=C/c3ccc(OC)cc3OC)n2)cc1. The van der Waals surface area contributed by atoms with Crippen LogP contribution in [0.1, 0.15) is 18.1 Å². The number of benzene rings is 2. The molecule has 0 aliphatic carbocycles. The van der Waals surface area contributed by atoms with E-state index in [0.717, 1.165) is 23.2 Å². The lowest BCUT2D eigenvalue weighted by atomic mass is 10.1. The molecule has 0 unspecified atom stereocenters. The first-order valence-corrected chi connectivity index (χ1v) is 9.76. The second-order valence-corrected chi connectivity index (χ2v) is 6.88. The molecule has 6 heteroatoms. The first-order chi connectivity index (χ1) is 13.6. The fourth-order valence-corrected chi connectivity index (χ4v) is 3.37. The maximum absolute atomic E-state index is 12.2. The average molecular weight is 394 g/mol. The highest BCUT2D eigenvalue weighted by Gasteiger charge is 2.07. The smallest absolute Gasteiger partial charge is 0.250 e. The Bertz CT molecular complexity index is 978. The molecule has 1 heterocycles. The number of hydrogen-bond acceptors (Lipinski definition) is 5. The van der Waals surface area contributed by atoms with Crippen molar-refractivity contribution < 1.29 is 14.3 Å². The van der Waals surface area contributed by atoms with Gasteiger partial charge >= 0.3 is 0 Å². The van der Waals surface area contributed by atoms with Crippen LogP contribution in [0.2, 0.25) is 0 Å². The summed E-state index contributed by atoms with van der Waals surface area (Å²) < 4.78 is 10.5. The molecule has 3 aromatic rings. The van der Waals surface area contributed by atoms with Crippen molar-refractivity contribution >= 4 is 28.5 Å². The van der Waals surface area contributed by atoms with Crippen molar-refractivity contribution in [3.8, 4) is 22.8 Å². The van der Waals surface area contributed by atoms with Gasteiger partial charge in [-0.1, -0.05) is 31.2 Å². The number of ether oxygens (including phenoxy) is 2. The van der Waals surface area contributed by atoms with Crippen LogP contribution in [-0.4, -0.2) is 25.1 Å². The lowest BCUT2D eigenvalue weighted by Crippen LogP contribution is -2.07. The Labute approximate surface area is 168 Å². The molecule has 0 saturated heterocycles. The second kappa shape index (κ2) is 9.19. The zero-order valence-electron chi connectivity index (χ0n) is 16.1. The van der Waals surface area contributed by atoms with Crippen LogP contribution in [0, 0.1) is 0 Å². The number of hydrogen-bond donors (Lipinski definition) is 1. The van der Waals surface area contributed by atoms with Crippen molar-refractivity contribution in [2.24, 2.45) is 0 Å². The van der Waals surface area contributed by atoms with Crippen LogP contribution in [0.5, 0.6) is 11.5 Å². The van der Waals surface area contributed by atoms with Gasteiger partial charge < -0.3 is 9.47 Å². The normalized spacial score (nSPS) is 10.8. The number of nitrogens with zero attached hydrogens (tertiary/aromatic N) is 1. The number of aryl methyl sites for hydroxylation is 1. The van der Waals surface area contributed by atoms with Crippen LogP contribution in [0.15, 0.2) is 53.9 Å². The molecule has 0 radical (unpaired) electrons. The molecule has 1 N–H and O–H groups in total. The minimum Gasteiger partial charge on any atom is -0.497 e. The van der Waals surface area contributed by atoms with E-state index in [1.165, 1.54) is 23.0 Å². The summed E-state index contributed by atoms with van der Waals surface area (Å²) >= 11 is 1.40. The number of aromatic nitrogens is 1. The van der Waals surface area contributed by atoms with E-state index in [4.69, 9.17) is 9.47 Å². The Morgan fingerprint density at radius 1 is 1.14 bits per heavy atom. The summed E-state index contributed by atoms with van der Waals surface area (Å²) in [6.07, 6.45) is 4.16. The molecular weight excluding hydrogens is 372 g/mol. The summed E-state index contributed by atoms with van der Waals surface area (Å²) in [5.74, 6) is 1.08. The minimum atomic E-state index is -0.250. The number of anilines is 1. The van der Waals surface area contributed by atoms with Crippen LogP contribution in [-0.2, 0) is 11.2 Å². The van der Waals surface area contributed by atoms with Gasteiger partial charge in [-0.25, -0.2) is 4.98 Å². The van der Waals surface area contributed by atoms with E-state index in [2.05, 4.69) is 41.5 Å². The van der Waals surface area contributed by atoms with E-state index in [1.54, 1.807) is 26.4 Å². The molecular formula is C22H22N2O3S. The lowest BCUT2D eigenvalue weighted by molar-refractivity contribution is -0.111. The number of rotatable bonds is 7. The van der Waals surface area contributed by atoms with Gasteiger partial charge in [0, 0.05) is 28.6 Å². The largest absolute Gasteiger partial charge is 0.497 e. The van der Waals surface area contributed by atoms with E-state index in [9.17, 15) is 4.79 Å². The number of amides is 1. The van der Waals surface area contributed by atoms with Crippen LogP contribution in [0.4, 0.5) is 5.13 Å². The highest BCUT2D eigenvalue weighted by molar-refractivity contribution is 7.14. The molecule has 0 aliphatic heterocycles. The minimum absolute atomic E-state index is 0.250. The Kier molecular flexibility index (Phi) is 6.45. The standard InChI is InChI=1S/C22H22N2O3S/c1-4-15-5-7-16(8-6-15)19-14-28-22(23-19)24-21(25)12-10-17-9-11-18(26-2)13-20(17)27-3/h5-14H,4H2,1-3H3,(H,23,24,25)/b12-10+. The summed E-state index contributed by atoms with van der Waals surface area (Å²) in [5, 5.41) is 5.30. The summed E-state index contributed by atoms with van der Waals surface area (Å²) in [7, 11) is 3.18. The Balaban J connectivity index is 1.67. The van der Waals surface area contributed by atoms with Crippen LogP contribution < -0.4 is 14.8 Å². The molecule has 0 fully saturated rings. The van der Waals surface area contributed by atoms with E-state index in [0.29, 0.717) is 16.6 Å². The van der Waals surface area contributed by atoms with Crippen LogP contribution in [0.25, 0.3) is 17.3 Å². The van der Waals surface area contributed by atoms with Crippen molar-refractivity contribution in [2.45, 2.75) is 13.3 Å². The maximum atomic E-state index is 12.2. The van der Waals surface area contributed by atoms with Gasteiger partial charge in [0.25, 0.3) is 0 Å². The molecule has 0 aliphatic rings. The number of carbonyl (C=O) groups is 1. The maximum Gasteiger partial charge on any atom is 0.250 e. The molecule has 0 bridgehead atoms. The molecule has 0 saturated carbocycles. The highest BCUT2D eigenvalue weighted by atomic mass is 32.1. The van der Waals surface area contributed by atoms with Crippen molar-refractivity contribution in [3.63, 3.8) is 0 Å². The predicted molar refractivity (Wildman–Crippen MR) is 114 cm³/mol. The molecule has 28 heavy (non-hydrogen) atoms. The van der Waals surface area contributed by atoms with Gasteiger partial charge in [-0.15, -0.1) is 11.3 Å². The Morgan fingerprint density at radius 2 is 1.93 bits per heavy atom. The molecule has 1 aromatic heterocycles. The van der Waals surface area contributed by atoms with E-state index < -0.39 is 0 Å². The summed E-state index contributed by atoms with van der Waals surface area (Å²) in [6, 6.07) is 13.7. The average Bonchev–Trinajstić information content (AvgIpc) is 3.20. The van der Waals surface area contributed by atoms with E-state index >= 15 is 0 Å². The Morgan fingerprint density at radius 3 is 2.61 bits per heavy atom. The predicted octanol–water partition coefficient (Wildman–Crippen LogP) is 5.04. The third kappa shape index (κ3) is 4.78. The number of carbonyl (C=O) groups excluding carboxylic acids is 1. The zero-order chi connectivity index (χ0) is 19.9. The molecule has 0 atom stereocenters. The highest BCUT2D eigenvalue weighted by Crippen LogP contribution is 2.27. The number of nitrogens with one attached hydrogen (secondary N) is 1.